The Bertz CT molecular complexity index is 1180. The molecule has 5 nitrogen and oxygen atoms in total. The van der Waals surface area contributed by atoms with E-state index in [-0.39, 0.29) is 22.9 Å². The van der Waals surface area contributed by atoms with E-state index in [0.717, 1.165) is 11.3 Å². The number of rotatable bonds is 5. The van der Waals surface area contributed by atoms with Crippen molar-refractivity contribution in [3.05, 3.63) is 69.2 Å². The molecule has 3 rings (SSSR count). The van der Waals surface area contributed by atoms with Crippen molar-refractivity contribution in [1.29, 1.82) is 0 Å². The van der Waals surface area contributed by atoms with E-state index in [2.05, 4.69) is 0 Å². The lowest BCUT2D eigenvalue weighted by Gasteiger charge is -2.31. The number of amides is 1. The number of aromatic nitrogens is 2. The fourth-order valence-electron chi connectivity index (χ4n) is 3.86. The first-order valence-corrected chi connectivity index (χ1v) is 10.9. The monoisotopic (exact) mass is 439 g/mol. The number of fused-ring (bicyclic) bond motifs is 1. The Morgan fingerprint density at radius 3 is 2.48 bits per heavy atom. The molecule has 0 radical (unpaired) electrons. The molecule has 164 valence electrons. The zero-order valence-corrected chi connectivity index (χ0v) is 19.8. The van der Waals surface area contributed by atoms with Gasteiger partial charge in [-0.25, -0.2) is 4.98 Å². The number of benzene rings is 2. The summed E-state index contributed by atoms with van der Waals surface area (Å²) < 4.78 is 1.64. The number of para-hydroxylation sites is 1. The average Bonchev–Trinajstić information content (AvgIpc) is 2.68. The van der Waals surface area contributed by atoms with Gasteiger partial charge in [-0.3, -0.25) is 14.2 Å². The summed E-state index contributed by atoms with van der Waals surface area (Å²) in [5, 5.41) is 1.15. The molecule has 0 N–H and O–H groups in total. The molecule has 1 heterocycles. The summed E-state index contributed by atoms with van der Waals surface area (Å²) in [7, 11) is 1.79. The Kier molecular flexibility index (Phi) is 6.56. The van der Waals surface area contributed by atoms with Gasteiger partial charge in [-0.1, -0.05) is 51.4 Å². The number of carbonyl (C=O) groups excluding carboxylic acids is 1. The molecule has 31 heavy (non-hydrogen) atoms. The second-order valence-corrected chi connectivity index (χ2v) is 9.66. The van der Waals surface area contributed by atoms with E-state index < -0.39 is 0 Å². The van der Waals surface area contributed by atoms with E-state index in [4.69, 9.17) is 16.6 Å². The van der Waals surface area contributed by atoms with Crippen LogP contribution in [0.5, 0.6) is 0 Å². The second-order valence-electron chi connectivity index (χ2n) is 9.22. The Morgan fingerprint density at radius 1 is 1.19 bits per heavy atom. The van der Waals surface area contributed by atoms with Gasteiger partial charge < -0.3 is 4.90 Å². The van der Waals surface area contributed by atoms with Gasteiger partial charge in [-0.15, -0.1) is 0 Å². The van der Waals surface area contributed by atoms with Crippen LogP contribution in [0, 0.1) is 12.3 Å². The molecule has 0 spiro atoms. The van der Waals surface area contributed by atoms with Crippen LogP contribution in [-0.4, -0.2) is 27.4 Å². The maximum Gasteiger partial charge on any atom is 0.266 e. The van der Waals surface area contributed by atoms with E-state index in [1.807, 2.05) is 65.0 Å². The lowest BCUT2D eigenvalue weighted by atomic mass is 9.91. The van der Waals surface area contributed by atoms with Crippen molar-refractivity contribution in [2.45, 2.75) is 53.5 Å². The van der Waals surface area contributed by atoms with Crippen LogP contribution in [0.25, 0.3) is 16.6 Å². The van der Waals surface area contributed by atoms with Crippen LogP contribution in [-0.2, 0) is 4.79 Å². The molecule has 0 aliphatic carbocycles. The molecule has 0 saturated carbocycles. The zero-order chi connectivity index (χ0) is 22.9. The number of aryl methyl sites for hydroxylation is 1. The smallest absolute Gasteiger partial charge is 0.266 e. The van der Waals surface area contributed by atoms with E-state index in [1.54, 1.807) is 28.6 Å². The highest BCUT2D eigenvalue weighted by Gasteiger charge is 2.28. The van der Waals surface area contributed by atoms with Crippen LogP contribution in [0.4, 0.5) is 0 Å². The van der Waals surface area contributed by atoms with Crippen molar-refractivity contribution in [2.24, 2.45) is 5.41 Å². The van der Waals surface area contributed by atoms with Crippen LogP contribution in [0.15, 0.2) is 47.3 Å². The number of hydrogen-bond acceptors (Lipinski definition) is 3. The van der Waals surface area contributed by atoms with Crippen molar-refractivity contribution in [1.82, 2.24) is 14.5 Å². The van der Waals surface area contributed by atoms with Crippen molar-refractivity contribution >= 4 is 28.4 Å². The van der Waals surface area contributed by atoms with Gasteiger partial charge >= 0.3 is 0 Å². The van der Waals surface area contributed by atoms with Crippen molar-refractivity contribution < 1.29 is 4.79 Å². The standard InChI is InChI=1S/C25H30ClN3O2/c1-7-20(28(6)22(30)15-25(3,4)5)23-27-19-11-9-8-10-18(19)24(31)29(23)21-13-12-17(26)14-16(21)2/h8-14,20H,7,15H2,1-6H3. The lowest BCUT2D eigenvalue weighted by Crippen LogP contribution is -2.37. The van der Waals surface area contributed by atoms with Gasteiger partial charge in [0.1, 0.15) is 5.82 Å². The van der Waals surface area contributed by atoms with E-state index >= 15 is 0 Å². The first kappa shape index (κ1) is 23.0. The third-order valence-electron chi connectivity index (χ3n) is 5.43. The van der Waals surface area contributed by atoms with Gasteiger partial charge in [0.2, 0.25) is 5.91 Å². The topological polar surface area (TPSA) is 55.2 Å². The molecular weight excluding hydrogens is 410 g/mol. The average molecular weight is 440 g/mol. The fourth-order valence-corrected chi connectivity index (χ4v) is 4.08. The summed E-state index contributed by atoms with van der Waals surface area (Å²) in [4.78, 5) is 33.3. The van der Waals surface area contributed by atoms with Crippen LogP contribution in [0.3, 0.4) is 0 Å². The summed E-state index contributed by atoms with van der Waals surface area (Å²) in [6.07, 6.45) is 1.04. The Balaban J connectivity index is 2.27. The van der Waals surface area contributed by atoms with Gasteiger partial charge in [-0.2, -0.15) is 0 Å². The molecule has 6 heteroatoms. The molecule has 1 amide bonds. The second kappa shape index (κ2) is 8.83. The molecule has 0 bridgehead atoms. The van der Waals surface area contributed by atoms with Crippen LogP contribution in [0.2, 0.25) is 5.02 Å². The number of hydrogen-bond donors (Lipinski definition) is 0. The first-order chi connectivity index (χ1) is 14.5. The summed E-state index contributed by atoms with van der Waals surface area (Å²) in [5.41, 5.74) is 1.93. The maximum atomic E-state index is 13.6. The molecule has 0 aliphatic rings. The Hall–Kier alpha value is -2.66. The molecule has 1 atom stereocenters. The van der Waals surface area contributed by atoms with Crippen LogP contribution >= 0.6 is 11.6 Å². The number of halogens is 1. The quantitative estimate of drug-likeness (QED) is 0.512. The SMILES string of the molecule is CCC(c1nc2ccccc2c(=O)n1-c1ccc(Cl)cc1C)N(C)C(=O)CC(C)(C)C. The number of carbonyl (C=O) groups is 1. The van der Waals surface area contributed by atoms with Crippen LogP contribution in [0.1, 0.15) is 58.0 Å². The highest BCUT2D eigenvalue weighted by Crippen LogP contribution is 2.29. The lowest BCUT2D eigenvalue weighted by molar-refractivity contribution is -0.134. The third-order valence-corrected chi connectivity index (χ3v) is 5.66. The normalized spacial score (nSPS) is 12.7. The largest absolute Gasteiger partial charge is 0.336 e. The summed E-state index contributed by atoms with van der Waals surface area (Å²) >= 11 is 6.17. The minimum Gasteiger partial charge on any atom is -0.336 e. The highest BCUT2D eigenvalue weighted by atomic mass is 35.5. The minimum atomic E-state index is -0.345. The first-order valence-electron chi connectivity index (χ1n) is 10.6. The molecule has 2 aromatic carbocycles. The highest BCUT2D eigenvalue weighted by molar-refractivity contribution is 6.30. The third kappa shape index (κ3) is 4.82. The van der Waals surface area contributed by atoms with Gasteiger partial charge in [0.05, 0.1) is 22.6 Å². The fraction of sp³-hybridized carbons (Fsp3) is 0.400. The van der Waals surface area contributed by atoms with Crippen molar-refractivity contribution in [3.63, 3.8) is 0 Å². The summed E-state index contributed by atoms with van der Waals surface area (Å²) in [6.45, 7) is 10.1. The minimum absolute atomic E-state index is 0.0288. The van der Waals surface area contributed by atoms with Gasteiger partial charge in [-0.05, 0) is 54.7 Å². The zero-order valence-electron chi connectivity index (χ0n) is 19.1. The van der Waals surface area contributed by atoms with Crippen molar-refractivity contribution in [2.75, 3.05) is 7.05 Å². The van der Waals surface area contributed by atoms with E-state index in [0.29, 0.717) is 34.6 Å². The van der Waals surface area contributed by atoms with Crippen molar-refractivity contribution in [3.8, 4) is 5.69 Å². The van der Waals surface area contributed by atoms with Gasteiger partial charge in [0.25, 0.3) is 5.56 Å². The molecule has 0 fully saturated rings. The predicted octanol–water partition coefficient (Wildman–Crippen LogP) is 5.69. The summed E-state index contributed by atoms with van der Waals surface area (Å²) in [5.74, 6) is 0.586. The molecular formula is C25H30ClN3O2. The molecule has 1 aromatic heterocycles. The Morgan fingerprint density at radius 2 is 1.87 bits per heavy atom. The Labute approximate surface area is 188 Å². The van der Waals surface area contributed by atoms with E-state index in [1.165, 1.54) is 0 Å². The van der Waals surface area contributed by atoms with E-state index in [9.17, 15) is 9.59 Å². The molecule has 3 aromatic rings. The summed E-state index contributed by atoms with van der Waals surface area (Å²) in [6, 6.07) is 12.4. The van der Waals surface area contributed by atoms with Gasteiger partial charge in [0.15, 0.2) is 0 Å². The maximum absolute atomic E-state index is 13.6. The number of nitrogens with zero attached hydrogens (tertiary/aromatic N) is 3. The molecule has 1 unspecified atom stereocenters. The van der Waals surface area contributed by atoms with Gasteiger partial charge in [0, 0.05) is 18.5 Å². The molecule has 0 saturated heterocycles. The predicted molar refractivity (Wildman–Crippen MR) is 127 cm³/mol. The molecule has 0 aliphatic heterocycles. The van der Waals surface area contributed by atoms with Crippen LogP contribution < -0.4 is 5.56 Å².